The van der Waals surface area contributed by atoms with E-state index >= 15 is 0 Å². The molecule has 0 saturated heterocycles. The molecule has 1 atom stereocenters. The van der Waals surface area contributed by atoms with Gasteiger partial charge in [-0.1, -0.05) is 18.2 Å². The molecule has 0 saturated carbocycles. The number of aromatic nitrogens is 3. The molecule has 0 amide bonds. The molecule has 4 rings (SSSR count). The smallest absolute Gasteiger partial charge is 0.268 e. The number of nitrogens with zero attached hydrogens (tertiary/aromatic N) is 3. The van der Waals surface area contributed by atoms with E-state index in [0.29, 0.717) is 16.3 Å². The van der Waals surface area contributed by atoms with Crippen LogP contribution in [0.15, 0.2) is 59.8 Å². The Morgan fingerprint density at radius 3 is 2.52 bits per heavy atom. The van der Waals surface area contributed by atoms with E-state index in [9.17, 15) is 18.7 Å². The first-order chi connectivity index (χ1) is 12.9. The van der Waals surface area contributed by atoms with E-state index in [1.807, 2.05) is 6.20 Å². The van der Waals surface area contributed by atoms with Crippen molar-refractivity contribution in [2.24, 2.45) is 7.05 Å². The van der Waals surface area contributed by atoms with E-state index in [4.69, 9.17) is 0 Å². The predicted octanol–water partition coefficient (Wildman–Crippen LogP) is 3.45. The van der Waals surface area contributed by atoms with Crippen LogP contribution in [0.3, 0.4) is 0 Å². The van der Waals surface area contributed by atoms with Crippen LogP contribution in [0.25, 0.3) is 32.8 Å². The summed E-state index contributed by atoms with van der Waals surface area (Å²) in [5, 5.41) is 15.0. The second-order valence-electron chi connectivity index (χ2n) is 6.35. The second-order valence-corrected chi connectivity index (χ2v) is 6.35. The summed E-state index contributed by atoms with van der Waals surface area (Å²) in [4.78, 5) is 17.5. The van der Waals surface area contributed by atoms with Crippen molar-refractivity contribution in [1.82, 2.24) is 14.8 Å². The summed E-state index contributed by atoms with van der Waals surface area (Å²) >= 11 is 0. The van der Waals surface area contributed by atoms with Gasteiger partial charge in [-0.25, -0.2) is 8.78 Å². The van der Waals surface area contributed by atoms with Gasteiger partial charge in [0.2, 0.25) is 0 Å². The highest BCUT2D eigenvalue weighted by Crippen LogP contribution is 2.25. The average molecular weight is 367 g/mol. The summed E-state index contributed by atoms with van der Waals surface area (Å²) in [6.07, 6.45) is 0.284. The zero-order valence-electron chi connectivity index (χ0n) is 14.3. The van der Waals surface area contributed by atoms with Gasteiger partial charge in [0.15, 0.2) is 5.43 Å². The molecule has 0 fully saturated rings. The molecule has 27 heavy (non-hydrogen) atoms. The van der Waals surface area contributed by atoms with Crippen molar-refractivity contribution in [1.29, 1.82) is 0 Å². The van der Waals surface area contributed by atoms with Crippen LogP contribution in [0.2, 0.25) is 0 Å². The molecule has 0 bridgehead atoms. The van der Waals surface area contributed by atoms with Crippen LogP contribution in [0.4, 0.5) is 8.78 Å². The number of alkyl halides is 2. The van der Waals surface area contributed by atoms with Gasteiger partial charge in [-0.3, -0.25) is 14.5 Å². The minimum Gasteiger partial charge on any atom is -0.382 e. The summed E-state index contributed by atoms with van der Waals surface area (Å²) in [6, 6.07) is 9.43. The van der Waals surface area contributed by atoms with Crippen LogP contribution in [0.5, 0.6) is 0 Å². The zero-order valence-corrected chi connectivity index (χ0v) is 14.3. The number of fused-ring (bicyclic) bond motifs is 2. The zero-order chi connectivity index (χ0) is 19.1. The van der Waals surface area contributed by atoms with Crippen LogP contribution in [0, 0.1) is 0 Å². The van der Waals surface area contributed by atoms with Crippen LogP contribution in [-0.4, -0.2) is 26.3 Å². The molecule has 7 heteroatoms. The van der Waals surface area contributed by atoms with Gasteiger partial charge >= 0.3 is 0 Å². The van der Waals surface area contributed by atoms with E-state index in [1.54, 1.807) is 48.4 Å². The fourth-order valence-electron chi connectivity index (χ4n) is 3.08. The molecule has 4 aromatic rings. The minimum absolute atomic E-state index is 0.00493. The van der Waals surface area contributed by atoms with Crippen LogP contribution >= 0.6 is 0 Å². The third-order valence-electron chi connectivity index (χ3n) is 4.52. The molecule has 0 spiro atoms. The Bertz CT molecular complexity index is 1220. The molecule has 0 aliphatic heterocycles. The van der Waals surface area contributed by atoms with Gasteiger partial charge in [0.25, 0.3) is 6.43 Å². The van der Waals surface area contributed by atoms with Crippen LogP contribution < -0.4 is 5.43 Å². The van der Waals surface area contributed by atoms with Gasteiger partial charge in [-0.05, 0) is 29.1 Å². The number of benzene rings is 1. The first-order valence-corrected chi connectivity index (χ1v) is 8.26. The lowest BCUT2D eigenvalue weighted by molar-refractivity contribution is -0.00570. The Balaban J connectivity index is 1.99. The largest absolute Gasteiger partial charge is 0.382 e. The summed E-state index contributed by atoms with van der Waals surface area (Å²) < 4.78 is 27.3. The quantitative estimate of drug-likeness (QED) is 0.602. The molecule has 2 heterocycles. The normalized spacial score (nSPS) is 12.8. The first-order valence-electron chi connectivity index (χ1n) is 8.26. The maximum atomic E-state index is 13.1. The number of pyridine rings is 1. The first kappa shape index (κ1) is 17.2. The Kier molecular flexibility index (Phi) is 4.16. The summed E-state index contributed by atoms with van der Waals surface area (Å²) in [7, 11) is 1.79. The Labute approximate surface area is 152 Å². The van der Waals surface area contributed by atoms with E-state index < -0.39 is 12.5 Å². The number of hydrogen-bond donors (Lipinski definition) is 1. The lowest BCUT2D eigenvalue weighted by Crippen LogP contribution is -2.08. The Morgan fingerprint density at radius 2 is 1.81 bits per heavy atom. The third kappa shape index (κ3) is 3.06. The number of halogens is 2. The molecule has 0 aliphatic carbocycles. The van der Waals surface area contributed by atoms with E-state index in [2.05, 4.69) is 10.1 Å². The molecule has 5 nitrogen and oxygen atoms in total. The van der Waals surface area contributed by atoms with E-state index in [-0.39, 0.29) is 16.4 Å². The van der Waals surface area contributed by atoms with Gasteiger partial charge in [0.05, 0.1) is 11.7 Å². The predicted molar refractivity (Wildman–Crippen MR) is 98.7 cm³/mol. The van der Waals surface area contributed by atoms with Gasteiger partial charge < -0.3 is 5.11 Å². The van der Waals surface area contributed by atoms with Crippen molar-refractivity contribution in [2.75, 3.05) is 0 Å². The molecule has 136 valence electrons. The highest BCUT2D eigenvalue weighted by Gasteiger charge is 2.19. The number of rotatable bonds is 3. The van der Waals surface area contributed by atoms with E-state index in [1.165, 1.54) is 12.1 Å². The van der Waals surface area contributed by atoms with Gasteiger partial charge in [0.1, 0.15) is 6.10 Å². The van der Waals surface area contributed by atoms with Gasteiger partial charge in [0, 0.05) is 41.3 Å². The lowest BCUT2D eigenvalue weighted by atomic mass is 10.0. The number of aliphatic hydroxyl groups is 1. The van der Waals surface area contributed by atoms with Crippen molar-refractivity contribution < 1.29 is 13.9 Å². The maximum absolute atomic E-state index is 13.1. The lowest BCUT2D eigenvalue weighted by Gasteiger charge is -2.09. The fraction of sp³-hybridized carbons (Fsp3) is 0.150. The Morgan fingerprint density at radius 1 is 1.04 bits per heavy atom. The maximum Gasteiger partial charge on any atom is 0.268 e. The molecular formula is C20H15F2N3O2. The number of aryl methyl sites for hydroxylation is 1. The van der Waals surface area contributed by atoms with Crippen molar-refractivity contribution in [3.63, 3.8) is 0 Å². The summed E-state index contributed by atoms with van der Waals surface area (Å²) in [5.41, 5.74) is 1.73. The third-order valence-corrected chi connectivity index (χ3v) is 4.52. The fourth-order valence-corrected chi connectivity index (χ4v) is 3.08. The summed E-state index contributed by atoms with van der Waals surface area (Å²) in [5.74, 6) is 0. The summed E-state index contributed by atoms with van der Waals surface area (Å²) in [6.45, 7) is 0. The van der Waals surface area contributed by atoms with Gasteiger partial charge in [-0.15, -0.1) is 0 Å². The molecule has 0 aliphatic rings. The molecule has 2 aromatic heterocycles. The van der Waals surface area contributed by atoms with Crippen molar-refractivity contribution in [3.05, 3.63) is 70.8 Å². The molecule has 0 unspecified atom stereocenters. The average Bonchev–Trinajstić information content (AvgIpc) is 3.05. The van der Waals surface area contributed by atoms with Crippen LogP contribution in [0.1, 0.15) is 11.7 Å². The molecule has 2 aromatic carbocycles. The minimum atomic E-state index is -2.93. The number of aliphatic hydroxyl groups excluding tert-OH is 1. The van der Waals surface area contributed by atoms with Crippen molar-refractivity contribution in [2.45, 2.75) is 12.5 Å². The van der Waals surface area contributed by atoms with Crippen molar-refractivity contribution >= 4 is 21.7 Å². The van der Waals surface area contributed by atoms with Crippen LogP contribution in [-0.2, 0) is 7.05 Å². The molecule has 1 N–H and O–H groups in total. The highest BCUT2D eigenvalue weighted by atomic mass is 19.3. The van der Waals surface area contributed by atoms with E-state index in [0.717, 1.165) is 11.1 Å². The molecule has 0 radical (unpaired) electrons. The standard InChI is InChI=1S/C20H15F2N3O2/c1-25-10-14(9-24-25)13-7-16-17(23-8-13)5-4-11-2-3-12(18(26)20(21)22)6-15(11)19(16)27/h2-10,18,20,26H,1H3/t18-/m0/s1. The highest BCUT2D eigenvalue weighted by molar-refractivity contribution is 5.93. The number of hydrogen-bond acceptors (Lipinski definition) is 4. The van der Waals surface area contributed by atoms with Crippen molar-refractivity contribution in [3.8, 4) is 11.1 Å². The monoisotopic (exact) mass is 367 g/mol. The topological polar surface area (TPSA) is 68.0 Å². The SMILES string of the molecule is Cn1cc(-c2cnc3ccc4ccc([C@H](O)C(F)F)cc4c(=O)c3c2)cn1. The second kappa shape index (κ2) is 6.51. The van der Waals surface area contributed by atoms with Gasteiger partial charge in [-0.2, -0.15) is 5.10 Å². The Hall–Kier alpha value is -3.19. The molecular weight excluding hydrogens is 352 g/mol.